The van der Waals surface area contributed by atoms with E-state index in [0.717, 1.165) is 43.6 Å². The van der Waals surface area contributed by atoms with Crippen molar-refractivity contribution in [2.45, 2.75) is 31.4 Å². The minimum atomic E-state index is -4.35. The second-order valence-corrected chi connectivity index (χ2v) is 6.37. The smallest absolute Gasteiger partial charge is 0.347 e. The molecule has 1 saturated heterocycles. The van der Waals surface area contributed by atoms with E-state index in [1.165, 1.54) is 12.1 Å². The first-order valence-corrected chi connectivity index (χ1v) is 8.09. The second-order valence-electron chi connectivity index (χ2n) is 6.37. The first-order chi connectivity index (χ1) is 11.4. The van der Waals surface area contributed by atoms with Crippen molar-refractivity contribution in [1.82, 2.24) is 10.2 Å². The lowest BCUT2D eigenvalue weighted by Crippen LogP contribution is -2.39. The predicted octanol–water partition coefficient (Wildman–Crippen LogP) is 2.55. The molecule has 0 radical (unpaired) electrons. The molecule has 4 nitrogen and oxygen atoms in total. The van der Waals surface area contributed by atoms with Crippen molar-refractivity contribution >= 4 is 11.8 Å². The molecule has 0 aromatic heterocycles. The van der Waals surface area contributed by atoms with Gasteiger partial charge >= 0.3 is 6.18 Å². The summed E-state index contributed by atoms with van der Waals surface area (Å²) in [5.41, 5.74) is 0.0399. The monoisotopic (exact) mass is 340 g/mol. The van der Waals surface area contributed by atoms with Gasteiger partial charge < -0.3 is 10.2 Å². The number of nitrogens with zero attached hydrogens (tertiary/aromatic N) is 1. The predicted molar refractivity (Wildman–Crippen MR) is 81.1 cm³/mol. The number of carbonyl (C=O) groups excluding carboxylic acids is 2. The fourth-order valence-electron chi connectivity index (χ4n) is 3.14. The maximum absolute atomic E-state index is 12.5. The van der Waals surface area contributed by atoms with Gasteiger partial charge in [-0.25, -0.2) is 0 Å². The van der Waals surface area contributed by atoms with Crippen LogP contribution >= 0.6 is 0 Å². The average molecular weight is 340 g/mol. The Morgan fingerprint density at radius 1 is 1.12 bits per heavy atom. The molecule has 7 heteroatoms. The summed E-state index contributed by atoms with van der Waals surface area (Å²) < 4.78 is 37.6. The van der Waals surface area contributed by atoms with Gasteiger partial charge in [-0.3, -0.25) is 9.59 Å². The van der Waals surface area contributed by atoms with Crippen molar-refractivity contribution in [2.24, 2.45) is 5.92 Å². The van der Waals surface area contributed by atoms with Gasteiger partial charge in [0, 0.05) is 19.0 Å². The molecule has 1 N–H and O–H groups in total. The van der Waals surface area contributed by atoms with E-state index in [2.05, 4.69) is 5.32 Å². The Balaban J connectivity index is 1.49. The number of rotatable bonds is 4. The summed E-state index contributed by atoms with van der Waals surface area (Å²) >= 11 is 0. The molecule has 1 aliphatic heterocycles. The van der Waals surface area contributed by atoms with Gasteiger partial charge in [0.05, 0.1) is 12.1 Å². The highest BCUT2D eigenvalue weighted by atomic mass is 19.4. The fourth-order valence-corrected chi connectivity index (χ4v) is 3.14. The van der Waals surface area contributed by atoms with Crippen molar-refractivity contribution in [2.75, 3.05) is 19.6 Å². The van der Waals surface area contributed by atoms with Crippen LogP contribution in [0, 0.1) is 5.92 Å². The highest BCUT2D eigenvalue weighted by Gasteiger charge is 2.44. The van der Waals surface area contributed by atoms with Gasteiger partial charge in [-0.2, -0.15) is 13.2 Å². The number of benzene rings is 1. The number of amides is 2. The van der Waals surface area contributed by atoms with Gasteiger partial charge in [-0.05, 0) is 42.9 Å². The summed E-state index contributed by atoms with van der Waals surface area (Å²) in [6, 6.07) is 4.94. The third-order valence-electron chi connectivity index (χ3n) is 4.67. The second kappa shape index (κ2) is 6.45. The molecule has 1 aliphatic carbocycles. The van der Waals surface area contributed by atoms with Crippen LogP contribution in [0.4, 0.5) is 13.2 Å². The molecular formula is C17H19F3N2O2. The standard InChI is InChI=1S/C17H19F3N2O2/c18-17(19,20)12-5-3-11(4-6-12)13-9-14(13)16(24)21-10-15(23)22-7-1-2-8-22/h3-6,13-14H,1-2,7-10H2,(H,21,24). The Bertz CT molecular complexity index is 622. The molecule has 24 heavy (non-hydrogen) atoms. The van der Waals surface area contributed by atoms with Crippen molar-refractivity contribution in [3.05, 3.63) is 35.4 Å². The number of hydrogen-bond acceptors (Lipinski definition) is 2. The molecule has 2 atom stereocenters. The molecule has 2 aliphatic rings. The number of carbonyl (C=O) groups is 2. The van der Waals surface area contributed by atoms with E-state index in [1.807, 2.05) is 0 Å². The first kappa shape index (κ1) is 16.8. The minimum absolute atomic E-state index is 0.00490. The van der Waals surface area contributed by atoms with Gasteiger partial charge in [0.15, 0.2) is 0 Å². The molecule has 130 valence electrons. The summed E-state index contributed by atoms with van der Waals surface area (Å²) in [4.78, 5) is 25.7. The Morgan fingerprint density at radius 3 is 2.33 bits per heavy atom. The number of likely N-dealkylation sites (tertiary alicyclic amines) is 1. The Kier molecular flexibility index (Phi) is 4.51. The van der Waals surface area contributed by atoms with Crippen LogP contribution in [0.5, 0.6) is 0 Å². The van der Waals surface area contributed by atoms with E-state index in [0.29, 0.717) is 6.42 Å². The van der Waals surface area contributed by atoms with Gasteiger partial charge in [0.25, 0.3) is 0 Å². The normalized spacial score (nSPS) is 23.2. The summed E-state index contributed by atoms with van der Waals surface area (Å²) in [5, 5.41) is 2.65. The Hall–Kier alpha value is -2.05. The van der Waals surface area contributed by atoms with Crippen LogP contribution in [0.3, 0.4) is 0 Å². The molecule has 1 saturated carbocycles. The van der Waals surface area contributed by atoms with E-state index >= 15 is 0 Å². The summed E-state index contributed by atoms with van der Waals surface area (Å²) in [5.74, 6) is -0.595. The van der Waals surface area contributed by atoms with Crippen molar-refractivity contribution in [1.29, 1.82) is 0 Å². The number of halogens is 3. The zero-order valence-corrected chi connectivity index (χ0v) is 13.1. The van der Waals surface area contributed by atoms with E-state index in [1.54, 1.807) is 4.90 Å². The molecule has 3 rings (SSSR count). The topological polar surface area (TPSA) is 49.4 Å². The molecule has 2 fully saturated rings. The maximum Gasteiger partial charge on any atom is 0.416 e. The van der Waals surface area contributed by atoms with Crippen molar-refractivity contribution < 1.29 is 22.8 Å². The molecule has 0 bridgehead atoms. The largest absolute Gasteiger partial charge is 0.416 e. The number of alkyl halides is 3. The Morgan fingerprint density at radius 2 is 1.75 bits per heavy atom. The summed E-state index contributed by atoms with van der Waals surface area (Å²) in [7, 11) is 0. The zero-order valence-electron chi connectivity index (χ0n) is 13.1. The van der Waals surface area contributed by atoms with Gasteiger partial charge in [-0.15, -0.1) is 0 Å². The van der Waals surface area contributed by atoms with Crippen LogP contribution < -0.4 is 5.32 Å². The minimum Gasteiger partial charge on any atom is -0.347 e. The van der Waals surface area contributed by atoms with E-state index in [-0.39, 0.29) is 30.2 Å². The highest BCUT2D eigenvalue weighted by Crippen LogP contribution is 2.47. The van der Waals surface area contributed by atoms with Gasteiger partial charge in [-0.1, -0.05) is 12.1 Å². The number of hydrogen-bond donors (Lipinski definition) is 1. The summed E-state index contributed by atoms with van der Waals surface area (Å²) in [6.45, 7) is 1.48. The lowest BCUT2D eigenvalue weighted by Gasteiger charge is -2.15. The molecule has 1 heterocycles. The SMILES string of the molecule is O=C(NCC(=O)N1CCCC1)C1CC1c1ccc(C(F)(F)F)cc1. The Labute approximate surface area is 138 Å². The van der Waals surface area contributed by atoms with Crippen LogP contribution in [-0.4, -0.2) is 36.3 Å². The van der Waals surface area contributed by atoms with E-state index < -0.39 is 11.7 Å². The molecule has 1 aromatic rings. The first-order valence-electron chi connectivity index (χ1n) is 8.09. The average Bonchev–Trinajstić information content (AvgIpc) is 3.16. The lowest BCUT2D eigenvalue weighted by atomic mass is 10.1. The van der Waals surface area contributed by atoms with Crippen LogP contribution in [0.2, 0.25) is 0 Å². The molecule has 2 unspecified atom stereocenters. The van der Waals surface area contributed by atoms with Gasteiger partial charge in [0.1, 0.15) is 0 Å². The zero-order chi connectivity index (χ0) is 17.3. The van der Waals surface area contributed by atoms with Gasteiger partial charge in [0.2, 0.25) is 11.8 Å². The van der Waals surface area contributed by atoms with Crippen molar-refractivity contribution in [3.8, 4) is 0 Å². The van der Waals surface area contributed by atoms with Crippen LogP contribution in [0.15, 0.2) is 24.3 Å². The number of nitrogens with one attached hydrogen (secondary N) is 1. The van der Waals surface area contributed by atoms with Crippen molar-refractivity contribution in [3.63, 3.8) is 0 Å². The lowest BCUT2D eigenvalue weighted by molar-refractivity contribution is -0.137. The molecule has 0 spiro atoms. The highest BCUT2D eigenvalue weighted by molar-refractivity contribution is 5.88. The summed E-state index contributed by atoms with van der Waals surface area (Å²) in [6.07, 6.45) is -1.75. The quantitative estimate of drug-likeness (QED) is 0.916. The third-order valence-corrected chi connectivity index (χ3v) is 4.67. The third kappa shape index (κ3) is 3.71. The van der Waals surface area contributed by atoms with Crippen LogP contribution in [0.1, 0.15) is 36.3 Å². The van der Waals surface area contributed by atoms with E-state index in [4.69, 9.17) is 0 Å². The molecule has 2 amide bonds. The molecular weight excluding hydrogens is 321 g/mol. The fraction of sp³-hybridized carbons (Fsp3) is 0.529. The van der Waals surface area contributed by atoms with Crippen LogP contribution in [-0.2, 0) is 15.8 Å². The van der Waals surface area contributed by atoms with E-state index in [9.17, 15) is 22.8 Å². The maximum atomic E-state index is 12.5. The van der Waals surface area contributed by atoms with Crippen LogP contribution in [0.25, 0.3) is 0 Å². The molecule has 1 aromatic carbocycles.